The number of anilines is 1. The molecule has 0 aliphatic rings. The van der Waals surface area contributed by atoms with Crippen LogP contribution in [0.4, 0.5) is 5.69 Å². The Hall–Kier alpha value is -3.21. The molecule has 108 valence electrons. The summed E-state index contributed by atoms with van der Waals surface area (Å²) < 4.78 is 0. The first-order chi connectivity index (χ1) is 10.8. The van der Waals surface area contributed by atoms with Crippen LogP contribution >= 0.6 is 0 Å². The third kappa shape index (κ3) is 2.93. The standard InChI is InChI=1S/C17H13N3O2/c21-10-12-2-1-3-14(8-12)17(22)20-15-6-4-13(5-7-15)16-9-18-11-19-16/h1-11H,(H,18,19)(H,20,22). The topological polar surface area (TPSA) is 74.8 Å². The van der Waals surface area contributed by atoms with Gasteiger partial charge in [-0.2, -0.15) is 0 Å². The van der Waals surface area contributed by atoms with Crippen LogP contribution in [0.15, 0.2) is 61.1 Å². The molecule has 3 aromatic rings. The van der Waals surface area contributed by atoms with E-state index in [1.807, 2.05) is 24.3 Å². The Morgan fingerprint density at radius 3 is 2.64 bits per heavy atom. The fourth-order valence-electron chi connectivity index (χ4n) is 2.10. The fourth-order valence-corrected chi connectivity index (χ4v) is 2.10. The van der Waals surface area contributed by atoms with Gasteiger partial charge in [0.25, 0.3) is 5.91 Å². The molecule has 0 spiro atoms. The second-order valence-electron chi connectivity index (χ2n) is 4.73. The predicted molar refractivity (Wildman–Crippen MR) is 83.8 cm³/mol. The molecule has 0 saturated carbocycles. The van der Waals surface area contributed by atoms with Crippen molar-refractivity contribution >= 4 is 17.9 Å². The highest BCUT2D eigenvalue weighted by atomic mass is 16.1. The van der Waals surface area contributed by atoms with Crippen LogP contribution in [0.1, 0.15) is 20.7 Å². The van der Waals surface area contributed by atoms with Crippen molar-refractivity contribution in [3.8, 4) is 11.3 Å². The van der Waals surface area contributed by atoms with Crippen LogP contribution in [-0.4, -0.2) is 22.2 Å². The molecular weight excluding hydrogens is 278 g/mol. The minimum absolute atomic E-state index is 0.254. The lowest BCUT2D eigenvalue weighted by Gasteiger charge is -2.06. The second-order valence-corrected chi connectivity index (χ2v) is 4.73. The Morgan fingerprint density at radius 2 is 1.95 bits per heavy atom. The van der Waals surface area contributed by atoms with Gasteiger partial charge in [-0.1, -0.05) is 24.3 Å². The number of nitrogens with zero attached hydrogens (tertiary/aromatic N) is 1. The number of nitrogens with one attached hydrogen (secondary N) is 2. The molecular formula is C17H13N3O2. The third-order valence-corrected chi connectivity index (χ3v) is 3.22. The first kappa shape index (κ1) is 13.8. The SMILES string of the molecule is O=Cc1cccc(C(=O)Nc2ccc(-c3c[nH]cn3)cc2)c1. The zero-order chi connectivity index (χ0) is 15.4. The number of carbonyl (C=O) groups excluding carboxylic acids is 2. The molecule has 0 fully saturated rings. The molecule has 0 aliphatic heterocycles. The molecule has 0 saturated heterocycles. The van der Waals surface area contributed by atoms with E-state index in [4.69, 9.17) is 0 Å². The first-order valence-corrected chi connectivity index (χ1v) is 6.72. The number of H-pyrrole nitrogens is 1. The lowest BCUT2D eigenvalue weighted by molar-refractivity contribution is 0.102. The summed E-state index contributed by atoms with van der Waals surface area (Å²) in [5, 5.41) is 2.80. The summed E-state index contributed by atoms with van der Waals surface area (Å²) in [7, 11) is 0. The summed E-state index contributed by atoms with van der Waals surface area (Å²) in [6, 6.07) is 13.9. The van der Waals surface area contributed by atoms with Crippen LogP contribution in [0, 0.1) is 0 Å². The molecule has 0 aliphatic carbocycles. The van der Waals surface area contributed by atoms with Crippen LogP contribution in [0.2, 0.25) is 0 Å². The van der Waals surface area contributed by atoms with Crippen LogP contribution in [-0.2, 0) is 0 Å². The van der Waals surface area contributed by atoms with E-state index in [0.717, 1.165) is 17.5 Å². The van der Waals surface area contributed by atoms with Crippen molar-refractivity contribution in [1.82, 2.24) is 9.97 Å². The van der Waals surface area contributed by atoms with Gasteiger partial charge in [-0.15, -0.1) is 0 Å². The monoisotopic (exact) mass is 291 g/mol. The number of rotatable bonds is 4. The van der Waals surface area contributed by atoms with E-state index in [-0.39, 0.29) is 5.91 Å². The molecule has 1 heterocycles. The maximum Gasteiger partial charge on any atom is 0.255 e. The molecule has 5 nitrogen and oxygen atoms in total. The van der Waals surface area contributed by atoms with E-state index in [9.17, 15) is 9.59 Å². The summed E-state index contributed by atoms with van der Waals surface area (Å²) in [6.07, 6.45) is 4.14. The number of hydrogen-bond acceptors (Lipinski definition) is 3. The number of imidazole rings is 1. The number of benzene rings is 2. The van der Waals surface area contributed by atoms with Gasteiger partial charge in [0.1, 0.15) is 6.29 Å². The summed E-state index contributed by atoms with van der Waals surface area (Å²) in [5.74, 6) is -0.254. The average molecular weight is 291 g/mol. The molecule has 2 aromatic carbocycles. The minimum atomic E-state index is -0.254. The Labute approximate surface area is 127 Å². The summed E-state index contributed by atoms with van der Waals surface area (Å²) in [6.45, 7) is 0. The minimum Gasteiger partial charge on any atom is -0.351 e. The molecule has 0 unspecified atom stereocenters. The van der Waals surface area contributed by atoms with Crippen LogP contribution in [0.3, 0.4) is 0 Å². The zero-order valence-electron chi connectivity index (χ0n) is 11.6. The van der Waals surface area contributed by atoms with Gasteiger partial charge in [0.15, 0.2) is 0 Å². The van der Waals surface area contributed by atoms with E-state index in [2.05, 4.69) is 15.3 Å². The molecule has 0 bridgehead atoms. The van der Waals surface area contributed by atoms with Crippen molar-refractivity contribution in [3.05, 3.63) is 72.2 Å². The van der Waals surface area contributed by atoms with Crippen molar-refractivity contribution in [2.75, 3.05) is 5.32 Å². The van der Waals surface area contributed by atoms with Gasteiger partial charge < -0.3 is 10.3 Å². The van der Waals surface area contributed by atoms with E-state index in [1.54, 1.807) is 36.8 Å². The third-order valence-electron chi connectivity index (χ3n) is 3.22. The summed E-state index contributed by atoms with van der Waals surface area (Å²) in [4.78, 5) is 30.0. The molecule has 5 heteroatoms. The van der Waals surface area contributed by atoms with E-state index >= 15 is 0 Å². The first-order valence-electron chi connectivity index (χ1n) is 6.72. The van der Waals surface area contributed by atoms with Gasteiger partial charge in [0.2, 0.25) is 0 Å². The second kappa shape index (κ2) is 6.05. The molecule has 22 heavy (non-hydrogen) atoms. The Kier molecular flexibility index (Phi) is 3.78. The van der Waals surface area contributed by atoms with Crippen molar-refractivity contribution in [2.24, 2.45) is 0 Å². The van der Waals surface area contributed by atoms with Gasteiger partial charge in [-0.05, 0) is 24.3 Å². The maximum absolute atomic E-state index is 12.2. The quantitative estimate of drug-likeness (QED) is 0.725. The molecule has 2 N–H and O–H groups in total. The number of aromatic amines is 1. The van der Waals surface area contributed by atoms with Crippen molar-refractivity contribution in [3.63, 3.8) is 0 Å². The van der Waals surface area contributed by atoms with Gasteiger partial charge in [0.05, 0.1) is 12.0 Å². The molecule has 0 atom stereocenters. The smallest absolute Gasteiger partial charge is 0.255 e. The maximum atomic E-state index is 12.2. The highest BCUT2D eigenvalue weighted by molar-refractivity contribution is 6.05. The van der Waals surface area contributed by atoms with Crippen LogP contribution in [0.25, 0.3) is 11.3 Å². The van der Waals surface area contributed by atoms with Gasteiger partial charge >= 0.3 is 0 Å². The van der Waals surface area contributed by atoms with Gasteiger partial charge in [-0.3, -0.25) is 9.59 Å². The normalized spacial score (nSPS) is 10.2. The Balaban J connectivity index is 1.75. The highest BCUT2D eigenvalue weighted by Gasteiger charge is 2.07. The van der Waals surface area contributed by atoms with E-state index < -0.39 is 0 Å². The number of aromatic nitrogens is 2. The Bertz CT molecular complexity index is 793. The molecule has 1 amide bonds. The number of hydrogen-bond donors (Lipinski definition) is 2. The van der Waals surface area contributed by atoms with Crippen LogP contribution in [0.5, 0.6) is 0 Å². The van der Waals surface area contributed by atoms with Crippen molar-refractivity contribution in [2.45, 2.75) is 0 Å². The number of amides is 1. The largest absolute Gasteiger partial charge is 0.351 e. The number of aldehydes is 1. The molecule has 3 rings (SSSR count). The fraction of sp³-hybridized carbons (Fsp3) is 0. The van der Waals surface area contributed by atoms with Crippen molar-refractivity contribution in [1.29, 1.82) is 0 Å². The zero-order valence-corrected chi connectivity index (χ0v) is 11.6. The van der Waals surface area contributed by atoms with Gasteiger partial charge in [0, 0.05) is 28.6 Å². The Morgan fingerprint density at radius 1 is 1.14 bits per heavy atom. The predicted octanol–water partition coefficient (Wildman–Crippen LogP) is 3.14. The summed E-state index contributed by atoms with van der Waals surface area (Å²) >= 11 is 0. The molecule has 0 radical (unpaired) electrons. The van der Waals surface area contributed by atoms with E-state index in [1.165, 1.54) is 0 Å². The van der Waals surface area contributed by atoms with Crippen molar-refractivity contribution < 1.29 is 9.59 Å². The van der Waals surface area contributed by atoms with E-state index in [0.29, 0.717) is 16.8 Å². The lowest BCUT2D eigenvalue weighted by atomic mass is 10.1. The number of carbonyl (C=O) groups is 2. The van der Waals surface area contributed by atoms with Crippen LogP contribution < -0.4 is 5.32 Å². The lowest BCUT2D eigenvalue weighted by Crippen LogP contribution is -2.12. The summed E-state index contributed by atoms with van der Waals surface area (Å²) in [5.41, 5.74) is 3.40. The average Bonchev–Trinajstić information content (AvgIpc) is 3.10. The molecule has 1 aromatic heterocycles. The highest BCUT2D eigenvalue weighted by Crippen LogP contribution is 2.19. The van der Waals surface area contributed by atoms with Gasteiger partial charge in [-0.25, -0.2) is 4.98 Å².